The first kappa shape index (κ1) is 12.2. The first-order valence-electron chi connectivity index (χ1n) is 5.33. The summed E-state index contributed by atoms with van der Waals surface area (Å²) in [5.41, 5.74) is 2.16. The molecule has 0 spiro atoms. The predicted molar refractivity (Wildman–Crippen MR) is 83.1 cm³/mol. The third-order valence-electron chi connectivity index (χ3n) is 2.60. The first-order chi connectivity index (χ1) is 8.72. The Morgan fingerprint density at radius 2 is 2.17 bits per heavy atom. The van der Waals surface area contributed by atoms with E-state index in [2.05, 4.69) is 65.6 Å². The van der Waals surface area contributed by atoms with Gasteiger partial charge in [-0.2, -0.15) is 5.10 Å². The van der Waals surface area contributed by atoms with Crippen molar-refractivity contribution in [3.05, 3.63) is 43.6 Å². The topological polar surface area (TPSA) is 40.7 Å². The number of aromatic amines is 1. The molecule has 3 rings (SSSR count). The van der Waals surface area contributed by atoms with Crippen LogP contribution in [0.5, 0.6) is 0 Å². The highest BCUT2D eigenvalue weighted by Crippen LogP contribution is 2.32. The fourth-order valence-electron chi connectivity index (χ4n) is 1.72. The summed E-state index contributed by atoms with van der Waals surface area (Å²) >= 11 is 8.72. The van der Waals surface area contributed by atoms with E-state index in [1.807, 2.05) is 12.3 Å². The van der Waals surface area contributed by atoms with Gasteiger partial charge in [0.1, 0.15) is 0 Å². The molecule has 0 aliphatic heterocycles. The lowest BCUT2D eigenvalue weighted by molar-refractivity contribution is 1.12. The van der Waals surface area contributed by atoms with Crippen LogP contribution in [0.2, 0.25) is 0 Å². The molecular weight excluding hydrogens is 378 g/mol. The summed E-state index contributed by atoms with van der Waals surface area (Å²) in [4.78, 5) is 1.28. The van der Waals surface area contributed by atoms with Gasteiger partial charge in [0, 0.05) is 27.0 Å². The Labute approximate surface area is 125 Å². The summed E-state index contributed by atoms with van der Waals surface area (Å²) in [6.45, 7) is 0.818. The first-order valence-corrected chi connectivity index (χ1v) is 7.73. The number of benzene rings is 1. The van der Waals surface area contributed by atoms with Crippen molar-refractivity contribution in [3.63, 3.8) is 0 Å². The molecule has 2 N–H and O–H groups in total. The van der Waals surface area contributed by atoms with Crippen LogP contribution in [0.4, 0.5) is 5.69 Å². The van der Waals surface area contributed by atoms with Crippen LogP contribution < -0.4 is 5.32 Å². The van der Waals surface area contributed by atoms with Gasteiger partial charge in [-0.1, -0.05) is 0 Å². The van der Waals surface area contributed by atoms with Crippen LogP contribution in [0.25, 0.3) is 10.9 Å². The molecule has 0 aliphatic carbocycles. The van der Waals surface area contributed by atoms with E-state index in [0.717, 1.165) is 31.4 Å². The molecule has 0 radical (unpaired) electrons. The number of aromatic nitrogens is 2. The monoisotopic (exact) mass is 385 g/mol. The highest BCUT2D eigenvalue weighted by molar-refractivity contribution is 9.13. The quantitative estimate of drug-likeness (QED) is 0.681. The number of H-pyrrole nitrogens is 1. The molecule has 0 saturated heterocycles. The molecule has 92 valence electrons. The largest absolute Gasteiger partial charge is 0.380 e. The molecule has 0 bridgehead atoms. The van der Waals surface area contributed by atoms with Gasteiger partial charge in [0.2, 0.25) is 0 Å². The molecule has 0 amide bonds. The van der Waals surface area contributed by atoms with Crippen molar-refractivity contribution in [1.82, 2.24) is 10.2 Å². The van der Waals surface area contributed by atoms with Crippen molar-refractivity contribution in [3.8, 4) is 0 Å². The second-order valence-corrected chi connectivity index (χ2v) is 7.17. The van der Waals surface area contributed by atoms with Gasteiger partial charge in [-0.3, -0.25) is 5.10 Å². The van der Waals surface area contributed by atoms with Gasteiger partial charge in [-0.05, 0) is 56.1 Å². The molecule has 0 atom stereocenters. The van der Waals surface area contributed by atoms with Crippen LogP contribution in [-0.2, 0) is 6.54 Å². The number of hydrogen-bond acceptors (Lipinski definition) is 3. The zero-order valence-electron chi connectivity index (χ0n) is 9.21. The highest BCUT2D eigenvalue weighted by atomic mass is 79.9. The smallest absolute Gasteiger partial charge is 0.0843 e. The van der Waals surface area contributed by atoms with Crippen LogP contribution >= 0.6 is 43.2 Å². The maximum atomic E-state index is 4.01. The van der Waals surface area contributed by atoms with Crippen molar-refractivity contribution >= 4 is 59.8 Å². The molecule has 2 heterocycles. The predicted octanol–water partition coefficient (Wildman–Crippen LogP) is 4.76. The average molecular weight is 387 g/mol. The van der Waals surface area contributed by atoms with Crippen LogP contribution in [0, 0.1) is 0 Å². The third kappa shape index (κ3) is 2.46. The average Bonchev–Trinajstić information content (AvgIpc) is 2.94. The van der Waals surface area contributed by atoms with E-state index in [1.54, 1.807) is 11.3 Å². The number of thiophene rings is 1. The third-order valence-corrected chi connectivity index (χ3v) is 5.86. The minimum absolute atomic E-state index is 0.818. The lowest BCUT2D eigenvalue weighted by atomic mass is 10.2. The zero-order valence-corrected chi connectivity index (χ0v) is 13.2. The van der Waals surface area contributed by atoms with E-state index in [0.29, 0.717) is 0 Å². The van der Waals surface area contributed by atoms with E-state index in [1.165, 1.54) is 4.88 Å². The van der Waals surface area contributed by atoms with E-state index in [9.17, 15) is 0 Å². The Bertz CT molecular complexity index is 670. The van der Waals surface area contributed by atoms with Gasteiger partial charge < -0.3 is 5.32 Å². The number of anilines is 1. The van der Waals surface area contributed by atoms with Crippen LogP contribution in [-0.4, -0.2) is 10.2 Å². The Kier molecular flexibility index (Phi) is 3.41. The molecule has 0 fully saturated rings. The minimum atomic E-state index is 0.818. The lowest BCUT2D eigenvalue weighted by Gasteiger charge is -2.04. The second-order valence-electron chi connectivity index (χ2n) is 3.86. The molecule has 0 unspecified atom stereocenters. The lowest BCUT2D eigenvalue weighted by Crippen LogP contribution is -1.96. The molecule has 18 heavy (non-hydrogen) atoms. The standard InChI is InChI=1S/C12H9Br2N3S/c13-10-4-9(18-12(10)14)6-15-8-1-2-11-7(3-8)5-16-17-11/h1-5,15H,6H2,(H,16,17). The number of nitrogens with zero attached hydrogens (tertiary/aromatic N) is 1. The normalized spacial score (nSPS) is 11.0. The van der Waals surface area contributed by atoms with E-state index in [4.69, 9.17) is 0 Å². The second kappa shape index (κ2) is 5.03. The summed E-state index contributed by atoms with van der Waals surface area (Å²) in [5, 5.41) is 11.5. The zero-order chi connectivity index (χ0) is 12.5. The number of nitrogens with one attached hydrogen (secondary N) is 2. The summed E-state index contributed by atoms with van der Waals surface area (Å²) < 4.78 is 2.24. The molecule has 2 aromatic heterocycles. The maximum absolute atomic E-state index is 4.01. The van der Waals surface area contributed by atoms with Gasteiger partial charge in [-0.15, -0.1) is 11.3 Å². The number of hydrogen-bond donors (Lipinski definition) is 2. The van der Waals surface area contributed by atoms with E-state index >= 15 is 0 Å². The molecule has 0 saturated carbocycles. The summed E-state index contributed by atoms with van der Waals surface area (Å²) in [6.07, 6.45) is 1.83. The Balaban J connectivity index is 1.76. The summed E-state index contributed by atoms with van der Waals surface area (Å²) in [5.74, 6) is 0. The molecule has 0 aliphatic rings. The van der Waals surface area contributed by atoms with E-state index < -0.39 is 0 Å². The van der Waals surface area contributed by atoms with Gasteiger partial charge in [0.25, 0.3) is 0 Å². The molecule has 3 nitrogen and oxygen atoms in total. The van der Waals surface area contributed by atoms with Crippen LogP contribution in [0.3, 0.4) is 0 Å². The van der Waals surface area contributed by atoms with Crippen LogP contribution in [0.15, 0.2) is 38.7 Å². The molecule has 6 heteroatoms. The highest BCUT2D eigenvalue weighted by Gasteiger charge is 2.04. The Morgan fingerprint density at radius 3 is 2.94 bits per heavy atom. The fourth-order valence-corrected chi connectivity index (χ4v) is 3.84. The maximum Gasteiger partial charge on any atom is 0.0843 e. The van der Waals surface area contributed by atoms with Gasteiger partial charge in [0.05, 0.1) is 15.5 Å². The van der Waals surface area contributed by atoms with Gasteiger partial charge >= 0.3 is 0 Å². The number of halogens is 2. The SMILES string of the molecule is Brc1cc(CNc2ccc3[nH]ncc3c2)sc1Br. The van der Waals surface area contributed by atoms with Crippen molar-refractivity contribution in [1.29, 1.82) is 0 Å². The van der Waals surface area contributed by atoms with Crippen molar-refractivity contribution in [2.24, 2.45) is 0 Å². The minimum Gasteiger partial charge on any atom is -0.380 e. The van der Waals surface area contributed by atoms with Crippen LogP contribution in [0.1, 0.15) is 4.88 Å². The number of rotatable bonds is 3. The molecule has 1 aromatic carbocycles. The fraction of sp³-hybridized carbons (Fsp3) is 0.0833. The van der Waals surface area contributed by atoms with Gasteiger partial charge in [-0.25, -0.2) is 0 Å². The van der Waals surface area contributed by atoms with Crippen molar-refractivity contribution < 1.29 is 0 Å². The Hall–Kier alpha value is -0.850. The van der Waals surface area contributed by atoms with Gasteiger partial charge in [0.15, 0.2) is 0 Å². The summed E-state index contributed by atoms with van der Waals surface area (Å²) in [6, 6.07) is 8.30. The molecule has 3 aromatic rings. The van der Waals surface area contributed by atoms with Crippen molar-refractivity contribution in [2.45, 2.75) is 6.54 Å². The Morgan fingerprint density at radius 1 is 1.28 bits per heavy atom. The van der Waals surface area contributed by atoms with E-state index in [-0.39, 0.29) is 0 Å². The molecular formula is C12H9Br2N3S. The summed E-state index contributed by atoms with van der Waals surface area (Å²) in [7, 11) is 0. The van der Waals surface area contributed by atoms with Crippen molar-refractivity contribution in [2.75, 3.05) is 5.32 Å². The number of fused-ring (bicyclic) bond motifs is 1.